The third kappa shape index (κ3) is 3.38. The van der Waals surface area contributed by atoms with Crippen LogP contribution in [0.4, 0.5) is 0 Å². The van der Waals surface area contributed by atoms with Gasteiger partial charge in [-0.25, -0.2) is 0 Å². The van der Waals surface area contributed by atoms with Crippen molar-refractivity contribution in [2.75, 3.05) is 7.11 Å². The summed E-state index contributed by atoms with van der Waals surface area (Å²) in [6.45, 7) is 1.08. The molecule has 0 heterocycles. The molecule has 1 aliphatic rings. The first-order valence-electron chi connectivity index (χ1n) is 8.26. The quantitative estimate of drug-likeness (QED) is 0.852. The van der Waals surface area contributed by atoms with Crippen molar-refractivity contribution in [2.24, 2.45) is 0 Å². The Hall–Kier alpha value is -1.54. The Labute approximate surface area is 127 Å². The Morgan fingerprint density at radius 3 is 2.38 bits per heavy atom. The Kier molecular flexibility index (Phi) is 4.76. The van der Waals surface area contributed by atoms with Gasteiger partial charge in [0.05, 0.1) is 13.2 Å². The van der Waals surface area contributed by atoms with Crippen LogP contribution in [0.5, 0.6) is 5.75 Å². The average Bonchev–Trinajstić information content (AvgIpc) is 2.81. The van der Waals surface area contributed by atoms with Gasteiger partial charge < -0.3 is 10.1 Å². The number of hydrogen-bond acceptors (Lipinski definition) is 1. The van der Waals surface area contributed by atoms with Gasteiger partial charge in [0, 0.05) is 10.9 Å². The first-order valence-corrected chi connectivity index (χ1v) is 8.26. The number of benzene rings is 2. The van der Waals surface area contributed by atoms with Crippen LogP contribution in [-0.4, -0.2) is 13.2 Å². The molecule has 0 saturated heterocycles. The normalized spacial score (nSPS) is 16.8. The highest BCUT2D eigenvalue weighted by Gasteiger charge is 2.15. The summed E-state index contributed by atoms with van der Waals surface area (Å²) in [5.41, 5.74) is 1.43. The van der Waals surface area contributed by atoms with Crippen molar-refractivity contribution < 1.29 is 10.1 Å². The summed E-state index contributed by atoms with van der Waals surface area (Å²) in [5, 5.41) is 5.12. The number of hydrogen-bond donors (Lipinski definition) is 1. The molecule has 1 aliphatic carbocycles. The van der Waals surface area contributed by atoms with Gasteiger partial charge in [-0.1, -0.05) is 37.1 Å². The van der Waals surface area contributed by atoms with Gasteiger partial charge in [0.15, 0.2) is 0 Å². The molecular weight excluding hydrogens is 258 g/mol. The van der Waals surface area contributed by atoms with E-state index in [1.165, 1.54) is 54.9 Å². The summed E-state index contributed by atoms with van der Waals surface area (Å²) in [4.78, 5) is 0. The van der Waals surface area contributed by atoms with Crippen molar-refractivity contribution in [3.05, 3.63) is 42.0 Å². The first kappa shape index (κ1) is 14.4. The van der Waals surface area contributed by atoms with Crippen molar-refractivity contribution in [3.63, 3.8) is 0 Å². The van der Waals surface area contributed by atoms with Crippen molar-refractivity contribution in [2.45, 2.75) is 51.1 Å². The fraction of sp³-hybridized carbons (Fsp3) is 0.474. The van der Waals surface area contributed by atoms with E-state index in [1.54, 1.807) is 7.11 Å². The summed E-state index contributed by atoms with van der Waals surface area (Å²) in [7, 11) is 1.75. The molecular formula is C19H26NO+. The molecule has 0 unspecified atom stereocenters. The monoisotopic (exact) mass is 284 g/mol. The second kappa shape index (κ2) is 6.95. The molecule has 0 atom stereocenters. The van der Waals surface area contributed by atoms with E-state index >= 15 is 0 Å². The fourth-order valence-electron chi connectivity index (χ4n) is 3.53. The van der Waals surface area contributed by atoms with Gasteiger partial charge in [0.25, 0.3) is 0 Å². The molecule has 112 valence electrons. The van der Waals surface area contributed by atoms with Crippen molar-refractivity contribution in [1.82, 2.24) is 0 Å². The van der Waals surface area contributed by atoms with Crippen LogP contribution in [0.3, 0.4) is 0 Å². The van der Waals surface area contributed by atoms with Crippen LogP contribution in [0, 0.1) is 0 Å². The van der Waals surface area contributed by atoms with Crippen molar-refractivity contribution in [1.29, 1.82) is 0 Å². The maximum absolute atomic E-state index is 5.48. The number of fused-ring (bicyclic) bond motifs is 1. The average molecular weight is 284 g/mol. The van der Waals surface area contributed by atoms with Gasteiger partial charge in [-0.05, 0) is 43.2 Å². The molecule has 1 saturated carbocycles. The van der Waals surface area contributed by atoms with Crippen LogP contribution in [0.1, 0.15) is 44.1 Å². The summed E-state index contributed by atoms with van der Waals surface area (Å²) in [6.07, 6.45) is 8.43. The highest BCUT2D eigenvalue weighted by Crippen LogP contribution is 2.28. The lowest BCUT2D eigenvalue weighted by molar-refractivity contribution is -0.705. The van der Waals surface area contributed by atoms with E-state index in [9.17, 15) is 0 Å². The predicted molar refractivity (Wildman–Crippen MR) is 87.6 cm³/mol. The Morgan fingerprint density at radius 2 is 1.67 bits per heavy atom. The maximum Gasteiger partial charge on any atom is 0.126 e. The minimum absolute atomic E-state index is 0.813. The van der Waals surface area contributed by atoms with Gasteiger partial charge in [-0.2, -0.15) is 0 Å². The van der Waals surface area contributed by atoms with Crippen LogP contribution >= 0.6 is 0 Å². The largest absolute Gasteiger partial charge is 0.496 e. The zero-order valence-corrected chi connectivity index (χ0v) is 13.0. The molecule has 2 nitrogen and oxygen atoms in total. The minimum Gasteiger partial charge on any atom is -0.496 e. The second-order valence-corrected chi connectivity index (χ2v) is 6.16. The van der Waals surface area contributed by atoms with E-state index in [1.807, 2.05) is 0 Å². The molecule has 0 spiro atoms. The van der Waals surface area contributed by atoms with Gasteiger partial charge in [0.1, 0.15) is 12.3 Å². The van der Waals surface area contributed by atoms with Gasteiger partial charge >= 0.3 is 0 Å². The van der Waals surface area contributed by atoms with Gasteiger partial charge in [-0.3, -0.25) is 0 Å². The minimum atomic E-state index is 0.813. The lowest BCUT2D eigenvalue weighted by atomic mass is 10.0. The smallest absolute Gasteiger partial charge is 0.126 e. The lowest BCUT2D eigenvalue weighted by Crippen LogP contribution is -2.88. The molecule has 21 heavy (non-hydrogen) atoms. The zero-order chi connectivity index (χ0) is 14.5. The first-order chi connectivity index (χ1) is 10.4. The standard InChI is InChI=1S/C19H25NO/c1-21-19-13-12-15(17-10-6-7-11-18(17)19)14-20-16-8-4-2-3-5-9-16/h6-7,10-13,16,20H,2-5,8-9,14H2,1H3/p+1. The van der Waals surface area contributed by atoms with Crippen LogP contribution < -0.4 is 10.1 Å². The molecule has 3 rings (SSSR count). The number of methoxy groups -OCH3 is 1. The van der Waals surface area contributed by atoms with Crippen LogP contribution in [0.25, 0.3) is 10.8 Å². The van der Waals surface area contributed by atoms with Crippen LogP contribution in [0.2, 0.25) is 0 Å². The number of nitrogens with two attached hydrogens (primary N) is 1. The molecule has 2 heteroatoms. The second-order valence-electron chi connectivity index (χ2n) is 6.16. The summed E-state index contributed by atoms with van der Waals surface area (Å²) in [5.74, 6) is 0.976. The summed E-state index contributed by atoms with van der Waals surface area (Å²) < 4.78 is 5.48. The molecule has 2 N–H and O–H groups in total. The number of ether oxygens (including phenoxy) is 1. The number of quaternary nitrogens is 1. The molecule has 1 fully saturated rings. The van der Waals surface area contributed by atoms with E-state index in [-0.39, 0.29) is 0 Å². The van der Waals surface area contributed by atoms with Gasteiger partial charge in [-0.15, -0.1) is 0 Å². The number of rotatable bonds is 4. The highest BCUT2D eigenvalue weighted by molar-refractivity contribution is 5.90. The Morgan fingerprint density at radius 1 is 0.952 bits per heavy atom. The van der Waals surface area contributed by atoms with E-state index in [2.05, 4.69) is 41.7 Å². The van der Waals surface area contributed by atoms with Crippen molar-refractivity contribution >= 4 is 10.8 Å². The Balaban J connectivity index is 1.77. The van der Waals surface area contributed by atoms with E-state index in [0.717, 1.165) is 18.3 Å². The zero-order valence-electron chi connectivity index (χ0n) is 13.0. The molecule has 2 aromatic rings. The van der Waals surface area contributed by atoms with Gasteiger partial charge in [0.2, 0.25) is 0 Å². The maximum atomic E-state index is 5.48. The molecule has 0 aromatic heterocycles. The molecule has 0 radical (unpaired) electrons. The highest BCUT2D eigenvalue weighted by atomic mass is 16.5. The lowest BCUT2D eigenvalue weighted by Gasteiger charge is -2.15. The topological polar surface area (TPSA) is 25.8 Å². The van der Waals surface area contributed by atoms with E-state index in [4.69, 9.17) is 4.74 Å². The third-order valence-corrected chi connectivity index (χ3v) is 4.77. The fourth-order valence-corrected chi connectivity index (χ4v) is 3.53. The third-order valence-electron chi connectivity index (χ3n) is 4.77. The molecule has 0 bridgehead atoms. The molecule has 0 aliphatic heterocycles. The molecule has 2 aromatic carbocycles. The summed E-state index contributed by atoms with van der Waals surface area (Å²) in [6, 6.07) is 13.7. The predicted octanol–water partition coefficient (Wildman–Crippen LogP) is 3.63. The van der Waals surface area contributed by atoms with Crippen molar-refractivity contribution in [3.8, 4) is 5.75 Å². The molecule has 0 amide bonds. The summed E-state index contributed by atoms with van der Waals surface area (Å²) >= 11 is 0. The van der Waals surface area contributed by atoms with Crippen LogP contribution in [-0.2, 0) is 6.54 Å². The Bertz CT molecular complexity index is 585. The van der Waals surface area contributed by atoms with E-state index < -0.39 is 0 Å². The van der Waals surface area contributed by atoms with E-state index in [0.29, 0.717) is 0 Å². The van der Waals surface area contributed by atoms with Crippen LogP contribution in [0.15, 0.2) is 36.4 Å². The SMILES string of the molecule is COc1ccc(C[NH2+]C2CCCCCC2)c2ccccc12.